The topological polar surface area (TPSA) is 45.0 Å². The first-order valence-corrected chi connectivity index (χ1v) is 7.27. The quantitative estimate of drug-likeness (QED) is 0.777. The molecule has 0 aliphatic carbocycles. The van der Waals surface area contributed by atoms with Crippen LogP contribution in [0.25, 0.3) is 0 Å². The molecule has 0 spiro atoms. The van der Waals surface area contributed by atoms with Gasteiger partial charge in [0, 0.05) is 24.6 Å². The number of benzene rings is 1. The van der Waals surface area contributed by atoms with Gasteiger partial charge in [-0.05, 0) is 24.3 Å². The Kier molecular flexibility index (Phi) is 6.54. The van der Waals surface area contributed by atoms with E-state index in [4.69, 9.17) is 10.00 Å². The fourth-order valence-corrected chi connectivity index (χ4v) is 2.31. The second-order valence-corrected chi connectivity index (χ2v) is 5.91. The lowest BCUT2D eigenvalue weighted by atomic mass is 9.87. The number of rotatable bonds is 8. The summed E-state index contributed by atoms with van der Waals surface area (Å²) in [6.45, 7) is 7.47. The van der Waals surface area contributed by atoms with Crippen molar-refractivity contribution in [1.82, 2.24) is 5.32 Å². The zero-order valence-corrected chi connectivity index (χ0v) is 13.1. The van der Waals surface area contributed by atoms with E-state index in [1.165, 1.54) is 5.56 Å². The maximum atomic E-state index is 8.71. The minimum Gasteiger partial charge on any atom is -0.496 e. The average Bonchev–Trinajstić information content (AvgIpc) is 2.46. The molecule has 3 nitrogen and oxygen atoms in total. The predicted octanol–water partition coefficient (Wildman–Crippen LogP) is 4.07. The molecule has 3 heteroatoms. The molecule has 1 rings (SSSR count). The van der Waals surface area contributed by atoms with Crippen LogP contribution in [0.4, 0.5) is 0 Å². The minimum absolute atomic E-state index is 0.130. The van der Waals surface area contributed by atoms with Gasteiger partial charge in [0.25, 0.3) is 0 Å². The summed E-state index contributed by atoms with van der Waals surface area (Å²) in [6.07, 6.45) is 2.54. The first kappa shape index (κ1) is 16.5. The molecule has 1 aromatic rings. The smallest absolute Gasteiger partial charge is 0.123 e. The highest BCUT2D eigenvalue weighted by molar-refractivity contribution is 5.35. The molecular weight excluding hydrogens is 248 g/mol. The van der Waals surface area contributed by atoms with Gasteiger partial charge in [-0.1, -0.05) is 39.0 Å². The maximum Gasteiger partial charge on any atom is 0.123 e. The van der Waals surface area contributed by atoms with E-state index in [1.54, 1.807) is 7.11 Å². The number of ether oxygens (including phenoxy) is 1. The summed E-state index contributed by atoms with van der Waals surface area (Å²) < 4.78 is 5.44. The van der Waals surface area contributed by atoms with Gasteiger partial charge in [-0.15, -0.1) is 0 Å². The Labute approximate surface area is 123 Å². The molecule has 1 atom stereocenters. The Morgan fingerprint density at radius 1 is 1.35 bits per heavy atom. The molecule has 110 valence electrons. The molecule has 0 aliphatic heterocycles. The number of methoxy groups -OCH3 is 1. The van der Waals surface area contributed by atoms with E-state index in [0.29, 0.717) is 6.42 Å². The Morgan fingerprint density at radius 3 is 2.65 bits per heavy atom. The van der Waals surface area contributed by atoms with Crippen molar-refractivity contribution < 1.29 is 4.74 Å². The van der Waals surface area contributed by atoms with Crippen molar-refractivity contribution >= 4 is 0 Å². The van der Waals surface area contributed by atoms with Gasteiger partial charge in [0.05, 0.1) is 13.2 Å². The number of nitrogens with one attached hydrogen (secondary N) is 1. The minimum atomic E-state index is 0.130. The van der Waals surface area contributed by atoms with E-state index in [2.05, 4.69) is 38.2 Å². The van der Waals surface area contributed by atoms with Crippen molar-refractivity contribution in [3.63, 3.8) is 0 Å². The molecule has 0 aromatic heterocycles. The third-order valence-corrected chi connectivity index (χ3v) is 3.66. The zero-order valence-electron chi connectivity index (χ0n) is 13.1. The Hall–Kier alpha value is -1.53. The summed E-state index contributed by atoms with van der Waals surface area (Å²) in [5.41, 5.74) is 1.33. The van der Waals surface area contributed by atoms with Crippen LogP contribution in [0, 0.1) is 16.7 Å². The third kappa shape index (κ3) is 4.86. The molecule has 0 heterocycles. The van der Waals surface area contributed by atoms with Crippen LogP contribution in [-0.2, 0) is 0 Å². The van der Waals surface area contributed by atoms with Crippen LogP contribution >= 0.6 is 0 Å². The molecule has 0 saturated heterocycles. The van der Waals surface area contributed by atoms with Gasteiger partial charge in [0.2, 0.25) is 0 Å². The average molecular weight is 274 g/mol. The lowest BCUT2D eigenvalue weighted by Gasteiger charge is -2.28. The van der Waals surface area contributed by atoms with Gasteiger partial charge in [-0.2, -0.15) is 5.26 Å². The van der Waals surface area contributed by atoms with Gasteiger partial charge in [0.1, 0.15) is 5.75 Å². The molecule has 1 aromatic carbocycles. The Morgan fingerprint density at radius 2 is 2.05 bits per heavy atom. The standard InChI is InChI=1S/C17H26N2O/c1-5-15(14-9-6-7-10-16(14)20-4)19-13-17(2,3)11-8-12-18/h6-7,9-10,15,19H,5,8,11,13H2,1-4H3. The lowest BCUT2D eigenvalue weighted by Crippen LogP contribution is -2.32. The number of hydrogen-bond acceptors (Lipinski definition) is 3. The highest BCUT2D eigenvalue weighted by Crippen LogP contribution is 2.28. The highest BCUT2D eigenvalue weighted by Gasteiger charge is 2.20. The molecule has 0 bridgehead atoms. The normalized spacial score (nSPS) is 12.8. The molecule has 1 unspecified atom stereocenters. The van der Waals surface area contributed by atoms with Gasteiger partial charge in [-0.25, -0.2) is 0 Å². The predicted molar refractivity (Wildman–Crippen MR) is 82.7 cm³/mol. The number of para-hydroxylation sites is 1. The van der Waals surface area contributed by atoms with Crippen LogP contribution in [0.3, 0.4) is 0 Å². The van der Waals surface area contributed by atoms with Crippen LogP contribution in [-0.4, -0.2) is 13.7 Å². The number of nitrogens with zero attached hydrogens (tertiary/aromatic N) is 1. The van der Waals surface area contributed by atoms with Crippen molar-refractivity contribution in [1.29, 1.82) is 5.26 Å². The first-order valence-electron chi connectivity index (χ1n) is 7.27. The van der Waals surface area contributed by atoms with Crippen LogP contribution in [0.1, 0.15) is 51.6 Å². The molecule has 0 amide bonds. The van der Waals surface area contributed by atoms with Crippen molar-refractivity contribution in [3.8, 4) is 11.8 Å². The largest absolute Gasteiger partial charge is 0.496 e. The van der Waals surface area contributed by atoms with Gasteiger partial charge in [0.15, 0.2) is 0 Å². The summed E-state index contributed by atoms with van der Waals surface area (Å²) in [5, 5.41) is 12.3. The van der Waals surface area contributed by atoms with E-state index in [9.17, 15) is 0 Å². The van der Waals surface area contributed by atoms with Crippen LogP contribution in [0.2, 0.25) is 0 Å². The summed E-state index contributed by atoms with van der Waals surface area (Å²) in [7, 11) is 1.71. The van der Waals surface area contributed by atoms with Gasteiger partial charge >= 0.3 is 0 Å². The van der Waals surface area contributed by atoms with Crippen molar-refractivity contribution in [2.75, 3.05) is 13.7 Å². The molecular formula is C17H26N2O. The molecule has 0 fully saturated rings. The Balaban J connectivity index is 2.70. The van der Waals surface area contributed by atoms with E-state index in [-0.39, 0.29) is 11.5 Å². The van der Waals surface area contributed by atoms with Crippen molar-refractivity contribution in [2.45, 2.75) is 46.1 Å². The molecule has 0 aliphatic rings. The number of nitriles is 1. The highest BCUT2D eigenvalue weighted by atomic mass is 16.5. The molecule has 0 radical (unpaired) electrons. The molecule has 1 N–H and O–H groups in total. The van der Waals surface area contributed by atoms with E-state index in [1.807, 2.05) is 18.2 Å². The molecule has 20 heavy (non-hydrogen) atoms. The van der Waals surface area contributed by atoms with Gasteiger partial charge in [-0.3, -0.25) is 0 Å². The number of hydrogen-bond donors (Lipinski definition) is 1. The lowest BCUT2D eigenvalue weighted by molar-refractivity contribution is 0.295. The van der Waals surface area contributed by atoms with Crippen LogP contribution in [0.5, 0.6) is 5.75 Å². The fourth-order valence-electron chi connectivity index (χ4n) is 2.31. The van der Waals surface area contributed by atoms with Crippen LogP contribution < -0.4 is 10.1 Å². The summed E-state index contributed by atoms with van der Waals surface area (Å²) in [6, 6.07) is 10.7. The van der Waals surface area contributed by atoms with E-state index in [0.717, 1.165) is 25.1 Å². The second kappa shape index (κ2) is 7.91. The third-order valence-electron chi connectivity index (χ3n) is 3.66. The SMILES string of the molecule is CCC(NCC(C)(C)CCC#N)c1ccccc1OC. The molecule has 0 saturated carbocycles. The van der Waals surface area contributed by atoms with Crippen molar-refractivity contribution in [2.24, 2.45) is 5.41 Å². The summed E-state index contributed by atoms with van der Waals surface area (Å²) in [5.74, 6) is 0.932. The van der Waals surface area contributed by atoms with E-state index >= 15 is 0 Å². The summed E-state index contributed by atoms with van der Waals surface area (Å²) in [4.78, 5) is 0. The monoisotopic (exact) mass is 274 g/mol. The second-order valence-electron chi connectivity index (χ2n) is 5.91. The maximum absolute atomic E-state index is 8.71. The van der Waals surface area contributed by atoms with Crippen molar-refractivity contribution in [3.05, 3.63) is 29.8 Å². The van der Waals surface area contributed by atoms with E-state index < -0.39 is 0 Å². The summed E-state index contributed by atoms with van der Waals surface area (Å²) >= 11 is 0. The fraction of sp³-hybridized carbons (Fsp3) is 0.588. The van der Waals surface area contributed by atoms with Crippen LogP contribution in [0.15, 0.2) is 24.3 Å². The first-order chi connectivity index (χ1) is 9.54. The Bertz CT molecular complexity index is 449. The zero-order chi connectivity index (χ0) is 15.0. The van der Waals surface area contributed by atoms with Gasteiger partial charge < -0.3 is 10.1 Å².